The average molecular weight is 1060 g/mol. The van der Waals surface area contributed by atoms with Crippen molar-refractivity contribution in [3.63, 3.8) is 0 Å². The van der Waals surface area contributed by atoms with Gasteiger partial charge in [-0.15, -0.1) is 31.2 Å². The maximum atomic E-state index is 12.9. The highest BCUT2D eigenvalue weighted by Crippen LogP contribution is 2.42. The number of hydrogen-bond donors (Lipinski definition) is 8. The number of nitrogens with zero attached hydrogens (tertiary/aromatic N) is 6. The second kappa shape index (κ2) is 23.3. The SMILES string of the molecule is CC(=O)O.O=C(O)C(F)(F)F.[2H]C([2H])([2H])C1(C([2H])([2H])[2H])[C@H](CC(=O)/C(=N\OCC(=O)O)c2csc(N)n2)C(=O)N1OS(=O)(=O)O.[2H]C([2H])([2H])C1(C([2H])([2H])[2H])[C@H](CC(=O)/C(=N\OCC(=O)O)c2csc(N)n2)C(=O)N1OS(=O)(=O)O. The van der Waals surface area contributed by atoms with Crippen molar-refractivity contribution in [1.82, 2.24) is 20.1 Å². The maximum absolute atomic E-state index is 12.9. The molecule has 2 amide bonds. The molecule has 2 atom stereocenters. The van der Waals surface area contributed by atoms with E-state index in [0.717, 1.165) is 29.6 Å². The van der Waals surface area contributed by atoms with Crippen LogP contribution in [-0.2, 0) is 77.4 Å². The molecule has 0 radical (unpaired) electrons. The molecule has 2 fully saturated rings. The van der Waals surface area contributed by atoms with Gasteiger partial charge in [-0.25, -0.2) is 24.4 Å². The topological polar surface area (TPSA) is 472 Å². The summed E-state index contributed by atoms with van der Waals surface area (Å²) in [6.07, 6.45) is -7.43. The summed E-state index contributed by atoms with van der Waals surface area (Å²) in [5.74, 6) is -16.5. The minimum Gasteiger partial charge on any atom is -0.481 e. The number of carbonyl (C=O) groups excluding carboxylic acids is 4. The highest BCUT2D eigenvalue weighted by molar-refractivity contribution is 7.81. The van der Waals surface area contributed by atoms with E-state index in [1.807, 2.05) is 0 Å². The number of hydroxylamine groups is 4. The monoisotopic (exact) mass is 1060 g/mol. The minimum absolute atomic E-state index is 0.0551. The maximum Gasteiger partial charge on any atom is 0.490 e. The van der Waals surface area contributed by atoms with Gasteiger partial charge in [0, 0.05) is 47.0 Å². The van der Waals surface area contributed by atoms with Crippen LogP contribution in [-0.4, -0.2) is 156 Å². The summed E-state index contributed by atoms with van der Waals surface area (Å²) in [4.78, 5) is 107. The number of anilines is 2. The van der Waals surface area contributed by atoms with Crippen LogP contribution in [0.4, 0.5) is 23.4 Å². The molecule has 4 rings (SSSR count). The van der Waals surface area contributed by atoms with Crippen LogP contribution in [0, 0.1) is 11.8 Å². The van der Waals surface area contributed by atoms with E-state index in [-0.39, 0.29) is 21.7 Å². The fourth-order valence-corrected chi connectivity index (χ4v) is 5.98. The summed E-state index contributed by atoms with van der Waals surface area (Å²) in [6, 6.07) is 0. The van der Waals surface area contributed by atoms with Crippen LogP contribution in [0.1, 0.15) is 75.0 Å². The lowest BCUT2D eigenvalue weighted by Gasteiger charge is -2.50. The normalized spacial score (nSPS) is 21.0. The number of rotatable bonds is 18. The molecule has 0 aliphatic carbocycles. The predicted molar refractivity (Wildman–Crippen MR) is 214 cm³/mol. The Labute approximate surface area is 398 Å². The number of oxime groups is 2. The molecule has 10 N–H and O–H groups in total. The Kier molecular flexibility index (Phi) is 14.2. The molecular weight excluding hydrogens is 1010 g/mol. The molecule has 2 aromatic rings. The van der Waals surface area contributed by atoms with Crippen LogP contribution in [0.5, 0.6) is 0 Å². The zero-order valence-electron chi connectivity index (χ0n) is 44.5. The van der Waals surface area contributed by atoms with Crippen LogP contribution in [0.3, 0.4) is 0 Å². The van der Waals surface area contributed by atoms with Gasteiger partial charge in [0.25, 0.3) is 17.8 Å². The van der Waals surface area contributed by atoms with E-state index < -0.39 is 172 Å². The first-order valence-electron chi connectivity index (χ1n) is 22.2. The Balaban J connectivity index is 0.000000663. The number of alkyl halides is 3. The Morgan fingerprint density at radius 1 is 0.746 bits per heavy atom. The number of aromatic nitrogens is 2. The molecule has 0 aromatic carbocycles. The van der Waals surface area contributed by atoms with Crippen molar-refractivity contribution >= 4 is 112 Å². The van der Waals surface area contributed by atoms with Crippen molar-refractivity contribution < 1.29 is 133 Å². The van der Waals surface area contributed by atoms with Crippen molar-refractivity contribution in [2.24, 2.45) is 22.1 Å². The largest absolute Gasteiger partial charge is 0.490 e. The molecule has 4 heterocycles. The van der Waals surface area contributed by atoms with Crippen molar-refractivity contribution in [1.29, 1.82) is 0 Å². The number of carbonyl (C=O) groups is 8. The van der Waals surface area contributed by atoms with Gasteiger partial charge >= 0.3 is 44.9 Å². The van der Waals surface area contributed by atoms with E-state index in [1.54, 1.807) is 0 Å². The number of thiazole rings is 2. The van der Waals surface area contributed by atoms with Gasteiger partial charge in [-0.2, -0.15) is 40.1 Å². The zero-order valence-corrected chi connectivity index (χ0v) is 35.7. The Morgan fingerprint density at radius 2 is 1.04 bits per heavy atom. The van der Waals surface area contributed by atoms with E-state index >= 15 is 0 Å². The number of nitrogen functional groups attached to an aromatic ring is 2. The Morgan fingerprint density at radius 3 is 1.25 bits per heavy atom. The van der Waals surface area contributed by atoms with Gasteiger partial charge in [-0.1, -0.05) is 10.3 Å². The number of halogens is 3. The summed E-state index contributed by atoms with van der Waals surface area (Å²) in [5.41, 5.74) is 2.34. The highest BCUT2D eigenvalue weighted by atomic mass is 32.3. The molecule has 0 unspecified atom stereocenters. The van der Waals surface area contributed by atoms with Crippen LogP contribution >= 0.6 is 22.7 Å². The number of carboxylic acid groups (broad SMARTS) is 4. The Bertz CT molecular complexity index is 2740. The van der Waals surface area contributed by atoms with Crippen LogP contribution in [0.25, 0.3) is 0 Å². The van der Waals surface area contributed by atoms with E-state index in [9.17, 15) is 58.8 Å². The number of nitrogens with two attached hydrogens (primary N) is 2. The van der Waals surface area contributed by atoms with Crippen molar-refractivity contribution in [3.05, 3.63) is 22.1 Å². The lowest BCUT2D eigenvalue weighted by Crippen LogP contribution is -2.68. The van der Waals surface area contributed by atoms with Crippen LogP contribution in [0.2, 0.25) is 0 Å². The fraction of sp³-hybridized carbons (Fsp3) is 0.467. The number of Topliss-reactive ketones (excluding diaryl/α,β-unsaturated/α-hetero) is 2. The first-order valence-corrected chi connectivity index (χ1v) is 20.7. The number of ketones is 2. The first kappa shape index (κ1) is 40.7. The lowest BCUT2D eigenvalue weighted by atomic mass is 9.74. The standard InChI is InChI=1S/2C13H16N4O9S2.C2HF3O2.C2H4O2/c2*1-13(2)6(11(21)17(13)26-28(22,23)24)3-8(18)10(16-25-4-9(19)20)7-5-27-12(14)15-7;3-2(4,5)1(6)7;1-2(3)4/h2*5-6H,3-4H2,1-2H3,(H2,14,15)(H,19,20)(H,22,23,24);(H,6,7);1H3,(H,3,4)/b2*16-10-;;/t2*6-;;/m11../s1/i2*1D3,2D3;;. The van der Waals surface area contributed by atoms with E-state index in [1.165, 1.54) is 10.8 Å². The molecule has 2 aromatic heterocycles. The predicted octanol–water partition coefficient (Wildman–Crippen LogP) is -0.353. The third-order valence-corrected chi connectivity index (χ3v) is 8.77. The molecule has 37 heteroatoms. The van der Waals surface area contributed by atoms with Crippen LogP contribution < -0.4 is 11.5 Å². The summed E-state index contributed by atoms with van der Waals surface area (Å²) in [5, 5.41) is 39.8. The third-order valence-electron chi connectivity index (χ3n) is 6.75. The van der Waals surface area contributed by atoms with Gasteiger partial charge in [-0.3, -0.25) is 33.1 Å². The van der Waals surface area contributed by atoms with Crippen molar-refractivity contribution in [2.45, 2.75) is 64.4 Å². The Hall–Kier alpha value is -6.51. The summed E-state index contributed by atoms with van der Waals surface area (Å²) >= 11 is 1.67. The second-order valence-electron chi connectivity index (χ2n) is 11.8. The van der Waals surface area contributed by atoms with E-state index in [2.05, 4.69) is 38.5 Å². The van der Waals surface area contributed by atoms with Gasteiger partial charge < -0.3 is 41.6 Å². The number of β-lactam (4-membered cyclic amide) rings is 2. The summed E-state index contributed by atoms with van der Waals surface area (Å²) in [6.45, 7) is -15.5. The summed E-state index contributed by atoms with van der Waals surface area (Å²) < 4.78 is 194. The number of hydrogen-bond acceptors (Lipinski definition) is 24. The number of aliphatic carboxylic acids is 4. The fourth-order valence-electron chi connectivity index (χ4n) is 4.13. The molecule has 0 saturated carbocycles. The smallest absolute Gasteiger partial charge is 0.481 e. The van der Waals surface area contributed by atoms with E-state index in [0.29, 0.717) is 0 Å². The molecule has 0 bridgehead atoms. The lowest BCUT2D eigenvalue weighted by molar-refractivity contribution is -0.228. The van der Waals surface area contributed by atoms with Gasteiger partial charge in [0.2, 0.25) is 13.2 Å². The molecule has 67 heavy (non-hydrogen) atoms. The van der Waals surface area contributed by atoms with Gasteiger partial charge in [0.15, 0.2) is 33.3 Å². The summed E-state index contributed by atoms with van der Waals surface area (Å²) in [7, 11) is -11.1. The molecule has 2 aliphatic rings. The second-order valence-corrected chi connectivity index (χ2v) is 15.6. The minimum atomic E-state index is -5.54. The third kappa shape index (κ3) is 18.4. The van der Waals surface area contributed by atoms with Crippen molar-refractivity contribution in [3.8, 4) is 0 Å². The molecule has 2 aliphatic heterocycles. The van der Waals surface area contributed by atoms with Crippen LogP contribution in [0.15, 0.2) is 21.1 Å². The van der Waals surface area contributed by atoms with Gasteiger partial charge in [0.1, 0.15) is 11.4 Å². The zero-order chi connectivity index (χ0) is 62.2. The first-order chi connectivity index (χ1) is 35.3. The highest BCUT2D eigenvalue weighted by Gasteiger charge is 2.59. The molecule has 374 valence electrons. The average Bonchev–Trinajstić information content (AvgIpc) is 3.86. The number of amides is 2. The van der Waals surface area contributed by atoms with Gasteiger partial charge in [-0.05, 0) is 27.4 Å². The van der Waals surface area contributed by atoms with E-state index in [4.69, 9.17) is 67.0 Å². The molecule has 2 saturated heterocycles. The molecular formula is C30H37F3N8O22S4. The number of carboxylic acids is 4. The molecule has 30 nitrogen and oxygen atoms in total. The quantitative estimate of drug-likeness (QED) is 0.0409. The van der Waals surface area contributed by atoms with Crippen molar-refractivity contribution in [2.75, 3.05) is 24.7 Å². The van der Waals surface area contributed by atoms with Gasteiger partial charge in [0.05, 0.1) is 22.9 Å². The molecule has 0 spiro atoms.